The first kappa shape index (κ1) is 22.2. The van der Waals surface area contributed by atoms with Gasteiger partial charge in [-0.05, 0) is 56.4 Å². The predicted octanol–water partition coefficient (Wildman–Crippen LogP) is 2.87. The minimum absolute atomic E-state index is 0.0440. The molecule has 4 rings (SSSR count). The predicted molar refractivity (Wildman–Crippen MR) is 113 cm³/mol. The van der Waals surface area contributed by atoms with Crippen molar-refractivity contribution in [3.8, 4) is 0 Å². The Morgan fingerprint density at radius 3 is 2.57 bits per heavy atom. The maximum atomic E-state index is 12.9. The molecule has 30 heavy (non-hydrogen) atoms. The minimum atomic E-state index is -1.62. The summed E-state index contributed by atoms with van der Waals surface area (Å²) in [6.45, 7) is 4.85. The van der Waals surface area contributed by atoms with Gasteiger partial charge >= 0.3 is 5.97 Å². The molecule has 0 heterocycles. The lowest BCUT2D eigenvalue weighted by molar-refractivity contribution is -0.177. The second kappa shape index (κ2) is 6.97. The number of rotatable bonds is 3. The highest BCUT2D eigenvalue weighted by Gasteiger charge is 2.72. The number of aliphatic hydroxyl groups is 2. The first-order valence-corrected chi connectivity index (χ1v) is 11.7. The molecule has 0 aromatic heterocycles. The Morgan fingerprint density at radius 2 is 1.90 bits per heavy atom. The number of hydrogen-bond acceptors (Lipinski definition) is 6. The van der Waals surface area contributed by atoms with Gasteiger partial charge in [0.1, 0.15) is 5.60 Å². The zero-order valence-corrected chi connectivity index (χ0v) is 19.5. The third kappa shape index (κ3) is 2.70. The van der Waals surface area contributed by atoms with E-state index in [1.54, 1.807) is 6.08 Å². The third-order valence-electron chi connectivity index (χ3n) is 9.06. The van der Waals surface area contributed by atoms with Gasteiger partial charge in [0.25, 0.3) is 0 Å². The maximum Gasteiger partial charge on any atom is 0.303 e. The molecule has 0 aromatic carbocycles. The van der Waals surface area contributed by atoms with Crippen LogP contribution in [0.5, 0.6) is 0 Å². The lowest BCUT2D eigenvalue weighted by Crippen LogP contribution is -2.68. The number of alkyl halides is 1. The highest BCUT2D eigenvalue weighted by atomic mass is 79.9. The Hall–Kier alpha value is -1.05. The number of allylic oxidation sites excluding steroid dienone is 1. The summed E-state index contributed by atoms with van der Waals surface area (Å²) in [7, 11) is 0. The molecule has 0 amide bonds. The first-order valence-electron chi connectivity index (χ1n) is 10.9. The molecule has 6 nitrogen and oxygen atoms in total. The van der Waals surface area contributed by atoms with E-state index in [4.69, 9.17) is 4.74 Å². The monoisotopic (exact) mass is 482 g/mol. The van der Waals surface area contributed by atoms with E-state index in [9.17, 15) is 24.6 Å². The van der Waals surface area contributed by atoms with Gasteiger partial charge in [-0.15, -0.1) is 0 Å². The molecule has 0 aliphatic heterocycles. The zero-order valence-electron chi connectivity index (χ0n) is 17.9. The molecule has 2 N–H and O–H groups in total. The first-order chi connectivity index (χ1) is 13.9. The lowest BCUT2D eigenvalue weighted by atomic mass is 9.45. The van der Waals surface area contributed by atoms with Crippen molar-refractivity contribution >= 4 is 33.5 Å². The van der Waals surface area contributed by atoms with Crippen LogP contribution >= 0.6 is 15.9 Å². The van der Waals surface area contributed by atoms with Crippen molar-refractivity contribution in [2.24, 2.45) is 22.7 Å². The number of fused-ring (bicyclic) bond motifs is 5. The second-order valence-electron chi connectivity index (χ2n) is 10.2. The van der Waals surface area contributed by atoms with Crippen molar-refractivity contribution in [3.63, 3.8) is 0 Å². The smallest absolute Gasteiger partial charge is 0.303 e. The van der Waals surface area contributed by atoms with Gasteiger partial charge < -0.3 is 14.9 Å². The SMILES string of the molecule is CC(=O)OCC(=O)[C@@]1(O)CC[C@H]2[C@@H]3CCC4=CC(=O)CC[C@]4(C)C3(Br)C(O)C[C@@]21C. The molecule has 0 radical (unpaired) electrons. The molecule has 3 fully saturated rings. The molecular formula is C23H31BrO6. The molecule has 0 aromatic rings. The molecule has 4 aliphatic carbocycles. The summed E-state index contributed by atoms with van der Waals surface area (Å²) in [5.41, 5.74) is -1.66. The van der Waals surface area contributed by atoms with Crippen molar-refractivity contribution in [1.82, 2.24) is 0 Å². The van der Waals surface area contributed by atoms with Crippen LogP contribution < -0.4 is 0 Å². The van der Waals surface area contributed by atoms with Gasteiger partial charge in [-0.1, -0.05) is 35.4 Å². The molecule has 0 bridgehead atoms. The molecule has 4 aliphatic rings. The van der Waals surface area contributed by atoms with E-state index in [0.29, 0.717) is 25.7 Å². The Morgan fingerprint density at radius 1 is 1.20 bits per heavy atom. The number of esters is 1. The number of Topliss-reactive ketones (excluding diaryl/α,β-unsaturated/α-hetero) is 1. The molecule has 0 spiro atoms. The van der Waals surface area contributed by atoms with Crippen LogP contribution in [0.4, 0.5) is 0 Å². The highest BCUT2D eigenvalue weighted by Crippen LogP contribution is 2.71. The lowest BCUT2D eigenvalue weighted by Gasteiger charge is -2.65. The van der Waals surface area contributed by atoms with Crippen LogP contribution in [0.15, 0.2) is 11.6 Å². The normalized spacial score (nSPS) is 47.6. The van der Waals surface area contributed by atoms with Gasteiger partial charge in [0.15, 0.2) is 12.4 Å². The van der Waals surface area contributed by atoms with Gasteiger partial charge in [0, 0.05) is 24.2 Å². The standard InChI is InChI=1S/C23H31BrO6/c1-13(25)30-12-19(28)22(29)9-7-16-17-5-4-14-10-15(26)6-8-20(14,2)23(17,24)18(27)11-21(16,22)3/h10,16-18,27,29H,4-9,11-12H2,1-3H3/t16-,17-,18?,20-,21-,22-,23?/m0/s1. The fraction of sp³-hybridized carbons (Fsp3) is 0.783. The largest absolute Gasteiger partial charge is 0.458 e. The van der Waals surface area contributed by atoms with Crippen molar-refractivity contribution < 1.29 is 29.3 Å². The van der Waals surface area contributed by atoms with Gasteiger partial charge in [0.2, 0.25) is 5.78 Å². The van der Waals surface area contributed by atoms with Crippen molar-refractivity contribution in [1.29, 1.82) is 0 Å². The Bertz CT molecular complexity index is 838. The van der Waals surface area contributed by atoms with Crippen molar-refractivity contribution in [3.05, 3.63) is 11.6 Å². The van der Waals surface area contributed by atoms with Crippen molar-refractivity contribution in [2.45, 2.75) is 81.7 Å². The quantitative estimate of drug-likeness (QED) is 0.473. The molecule has 0 saturated heterocycles. The molecule has 3 saturated carbocycles. The van der Waals surface area contributed by atoms with Crippen LogP contribution in [-0.4, -0.2) is 50.4 Å². The van der Waals surface area contributed by atoms with E-state index >= 15 is 0 Å². The average molecular weight is 483 g/mol. The number of ether oxygens (including phenoxy) is 1. The molecule has 2 unspecified atom stereocenters. The topological polar surface area (TPSA) is 101 Å². The third-order valence-corrected chi connectivity index (χ3v) is 11.1. The summed E-state index contributed by atoms with van der Waals surface area (Å²) >= 11 is 4.00. The number of hydrogen-bond donors (Lipinski definition) is 2. The van der Waals surface area contributed by atoms with E-state index in [2.05, 4.69) is 22.9 Å². The van der Waals surface area contributed by atoms with Gasteiger partial charge in [-0.3, -0.25) is 14.4 Å². The molecule has 7 atom stereocenters. The summed E-state index contributed by atoms with van der Waals surface area (Å²) in [4.78, 5) is 36.2. The number of carbonyl (C=O) groups excluding carboxylic acids is 3. The van der Waals surface area contributed by atoms with E-state index in [1.165, 1.54) is 6.92 Å². The average Bonchev–Trinajstić information content (AvgIpc) is 2.94. The zero-order chi connectivity index (χ0) is 22.1. The van der Waals surface area contributed by atoms with E-state index < -0.39 is 39.8 Å². The summed E-state index contributed by atoms with van der Waals surface area (Å²) in [6, 6.07) is 0. The van der Waals surface area contributed by atoms with E-state index in [1.807, 2.05) is 6.92 Å². The van der Waals surface area contributed by atoms with Crippen LogP contribution in [0.1, 0.15) is 65.7 Å². The summed E-state index contributed by atoms with van der Waals surface area (Å²) in [5.74, 6) is -0.776. The molecular weight excluding hydrogens is 452 g/mol. The van der Waals surface area contributed by atoms with Crippen LogP contribution in [0.3, 0.4) is 0 Å². The van der Waals surface area contributed by atoms with Crippen LogP contribution in [0.2, 0.25) is 0 Å². The number of ketones is 2. The van der Waals surface area contributed by atoms with Gasteiger partial charge in [-0.25, -0.2) is 0 Å². The van der Waals surface area contributed by atoms with Crippen LogP contribution in [0, 0.1) is 22.7 Å². The number of aliphatic hydroxyl groups excluding tert-OH is 1. The van der Waals surface area contributed by atoms with E-state index in [0.717, 1.165) is 18.4 Å². The fourth-order valence-electron chi connectivity index (χ4n) is 7.32. The summed E-state index contributed by atoms with van der Waals surface area (Å²) < 4.78 is 4.30. The highest BCUT2D eigenvalue weighted by molar-refractivity contribution is 9.10. The van der Waals surface area contributed by atoms with Gasteiger partial charge in [-0.2, -0.15) is 0 Å². The van der Waals surface area contributed by atoms with Crippen LogP contribution in [-0.2, 0) is 19.1 Å². The number of carbonyl (C=O) groups is 3. The minimum Gasteiger partial charge on any atom is -0.458 e. The maximum absolute atomic E-state index is 12.9. The summed E-state index contributed by atoms with van der Waals surface area (Å²) in [5, 5.41) is 23.0. The van der Waals surface area contributed by atoms with Crippen LogP contribution in [0.25, 0.3) is 0 Å². The number of halogens is 1. The Balaban J connectivity index is 1.71. The van der Waals surface area contributed by atoms with E-state index in [-0.39, 0.29) is 29.5 Å². The second-order valence-corrected chi connectivity index (χ2v) is 11.5. The molecule has 7 heteroatoms. The Labute approximate surface area is 185 Å². The fourth-order valence-corrected chi connectivity index (χ4v) is 8.48. The Kier molecular flexibility index (Phi) is 5.15. The van der Waals surface area contributed by atoms with Gasteiger partial charge in [0.05, 0.1) is 10.4 Å². The molecule has 166 valence electrons. The summed E-state index contributed by atoms with van der Waals surface area (Å²) in [6.07, 6.45) is 5.00. The van der Waals surface area contributed by atoms with Crippen molar-refractivity contribution in [2.75, 3.05) is 6.61 Å².